The molecule has 0 fully saturated rings. The van der Waals surface area contributed by atoms with E-state index in [1.807, 2.05) is 13.0 Å². The molecule has 0 aliphatic rings. The second-order valence-corrected chi connectivity index (χ2v) is 2.27. The van der Waals surface area contributed by atoms with Crippen molar-refractivity contribution in [2.75, 3.05) is 7.05 Å². The predicted molar refractivity (Wildman–Crippen MR) is 50.7 cm³/mol. The number of rotatable bonds is 3. The van der Waals surface area contributed by atoms with E-state index in [4.69, 9.17) is 0 Å². The topological polar surface area (TPSA) is 24.4 Å². The van der Waals surface area contributed by atoms with E-state index in [0.717, 1.165) is 18.0 Å². The Morgan fingerprint density at radius 1 is 1.64 bits per heavy atom. The van der Waals surface area contributed by atoms with Gasteiger partial charge in [0, 0.05) is 12.7 Å². The van der Waals surface area contributed by atoms with Gasteiger partial charge in [0.05, 0.1) is 5.84 Å². The van der Waals surface area contributed by atoms with Crippen molar-refractivity contribution in [3.63, 3.8) is 0 Å². The molecule has 11 heavy (non-hydrogen) atoms. The van der Waals surface area contributed by atoms with Gasteiger partial charge in [0.1, 0.15) is 0 Å². The molecule has 0 aliphatic carbocycles. The number of amidine groups is 1. The van der Waals surface area contributed by atoms with Gasteiger partial charge in [-0.1, -0.05) is 19.6 Å². The van der Waals surface area contributed by atoms with Gasteiger partial charge in [-0.25, -0.2) is 0 Å². The Balaban J connectivity index is 3.79. The summed E-state index contributed by atoms with van der Waals surface area (Å²) in [6.07, 6.45) is 5.04. The number of allylic oxidation sites excluding steroid dienone is 2. The van der Waals surface area contributed by atoms with Crippen LogP contribution in [0, 0.1) is 0 Å². The molecule has 0 aromatic heterocycles. The fourth-order valence-electron chi connectivity index (χ4n) is 0.590. The number of nitrogens with one attached hydrogen (secondary N) is 1. The Hall–Kier alpha value is -1.05. The van der Waals surface area contributed by atoms with Crippen LogP contribution in [-0.2, 0) is 0 Å². The van der Waals surface area contributed by atoms with E-state index >= 15 is 0 Å². The van der Waals surface area contributed by atoms with Gasteiger partial charge in [-0.3, -0.25) is 4.99 Å². The lowest BCUT2D eigenvalue weighted by Gasteiger charge is -2.02. The first-order chi connectivity index (χ1) is 5.20. The third-order valence-corrected chi connectivity index (χ3v) is 1.23. The Bertz CT molecular complexity index is 178. The maximum atomic E-state index is 3.95. The van der Waals surface area contributed by atoms with Crippen LogP contribution in [0.5, 0.6) is 0 Å². The van der Waals surface area contributed by atoms with Crippen molar-refractivity contribution in [2.24, 2.45) is 4.99 Å². The molecule has 0 heterocycles. The van der Waals surface area contributed by atoms with Crippen molar-refractivity contribution >= 4 is 5.84 Å². The summed E-state index contributed by atoms with van der Waals surface area (Å²) in [6.45, 7) is 7.80. The maximum absolute atomic E-state index is 3.95. The van der Waals surface area contributed by atoms with Gasteiger partial charge >= 0.3 is 0 Å². The maximum Gasteiger partial charge on any atom is 0.0971 e. The summed E-state index contributed by atoms with van der Waals surface area (Å²) >= 11 is 0. The van der Waals surface area contributed by atoms with Crippen molar-refractivity contribution < 1.29 is 0 Å². The molecule has 0 bridgehead atoms. The van der Waals surface area contributed by atoms with Crippen LogP contribution in [0.2, 0.25) is 0 Å². The minimum atomic E-state index is 0.884. The quantitative estimate of drug-likeness (QED) is 0.374. The summed E-state index contributed by atoms with van der Waals surface area (Å²) in [4.78, 5) is 3.95. The SMILES string of the molecule is C=C(/C=C\CC)NC(C)=NC. The molecule has 0 rings (SSSR count). The summed E-state index contributed by atoms with van der Waals surface area (Å²) in [6, 6.07) is 0. The van der Waals surface area contributed by atoms with Gasteiger partial charge in [0.25, 0.3) is 0 Å². The molecule has 0 amide bonds. The fourth-order valence-corrected chi connectivity index (χ4v) is 0.590. The van der Waals surface area contributed by atoms with E-state index in [1.165, 1.54) is 0 Å². The normalized spacial score (nSPS) is 12.1. The standard InChI is InChI=1S/C9H16N2/c1-5-6-7-8(2)11-9(3)10-4/h6-7H,2,5H2,1,3-4H3,(H,10,11)/b7-6-. The average Bonchev–Trinajstić information content (AvgIpc) is 2.00. The number of nitrogens with zero attached hydrogens (tertiary/aromatic N) is 1. The van der Waals surface area contributed by atoms with Gasteiger partial charge in [-0.05, 0) is 19.4 Å². The van der Waals surface area contributed by atoms with Crippen LogP contribution in [0.1, 0.15) is 20.3 Å². The molecular formula is C9H16N2. The first-order valence-corrected chi connectivity index (χ1v) is 3.76. The first-order valence-electron chi connectivity index (χ1n) is 3.76. The van der Waals surface area contributed by atoms with Gasteiger partial charge in [-0.2, -0.15) is 0 Å². The van der Waals surface area contributed by atoms with Crippen molar-refractivity contribution in [3.8, 4) is 0 Å². The highest BCUT2D eigenvalue weighted by Gasteiger charge is 1.87. The first kappa shape index (κ1) is 9.95. The molecule has 0 saturated carbocycles. The van der Waals surface area contributed by atoms with Crippen LogP contribution in [-0.4, -0.2) is 12.9 Å². The van der Waals surface area contributed by atoms with Crippen LogP contribution in [0.15, 0.2) is 29.4 Å². The predicted octanol–water partition coefficient (Wildman–Crippen LogP) is 2.10. The number of hydrogen-bond acceptors (Lipinski definition) is 1. The minimum Gasteiger partial charge on any atom is -0.345 e. The van der Waals surface area contributed by atoms with Crippen LogP contribution >= 0.6 is 0 Å². The van der Waals surface area contributed by atoms with E-state index in [9.17, 15) is 0 Å². The second-order valence-electron chi connectivity index (χ2n) is 2.27. The second kappa shape index (κ2) is 5.71. The number of hydrogen-bond donors (Lipinski definition) is 1. The van der Waals surface area contributed by atoms with Crippen molar-refractivity contribution in [3.05, 3.63) is 24.4 Å². The molecule has 62 valence electrons. The Morgan fingerprint density at radius 2 is 2.27 bits per heavy atom. The van der Waals surface area contributed by atoms with E-state index in [-0.39, 0.29) is 0 Å². The molecule has 0 unspecified atom stereocenters. The monoisotopic (exact) mass is 152 g/mol. The largest absolute Gasteiger partial charge is 0.345 e. The Kier molecular flexibility index (Phi) is 5.17. The summed E-state index contributed by atoms with van der Waals surface area (Å²) in [7, 11) is 1.75. The molecule has 0 spiro atoms. The smallest absolute Gasteiger partial charge is 0.0971 e. The third kappa shape index (κ3) is 5.40. The summed E-state index contributed by atoms with van der Waals surface area (Å²) in [5, 5.41) is 3.03. The van der Waals surface area contributed by atoms with Crippen molar-refractivity contribution in [1.82, 2.24) is 5.32 Å². The molecule has 0 radical (unpaired) electrons. The molecule has 1 N–H and O–H groups in total. The Morgan fingerprint density at radius 3 is 2.73 bits per heavy atom. The van der Waals surface area contributed by atoms with Gasteiger partial charge < -0.3 is 5.32 Å². The molecule has 0 atom stereocenters. The van der Waals surface area contributed by atoms with Crippen molar-refractivity contribution in [2.45, 2.75) is 20.3 Å². The van der Waals surface area contributed by atoms with Gasteiger partial charge in [-0.15, -0.1) is 0 Å². The van der Waals surface area contributed by atoms with Crippen LogP contribution < -0.4 is 5.32 Å². The van der Waals surface area contributed by atoms with Gasteiger partial charge in [0.15, 0.2) is 0 Å². The highest BCUT2D eigenvalue weighted by Crippen LogP contribution is 1.89. The molecule has 0 aromatic rings. The highest BCUT2D eigenvalue weighted by molar-refractivity contribution is 5.81. The summed E-state index contributed by atoms with van der Waals surface area (Å²) in [5.74, 6) is 0.885. The molecular weight excluding hydrogens is 136 g/mol. The zero-order chi connectivity index (χ0) is 8.69. The minimum absolute atomic E-state index is 0.884. The summed E-state index contributed by atoms with van der Waals surface area (Å²) in [5.41, 5.74) is 0.884. The number of aliphatic imine (C=N–C) groups is 1. The van der Waals surface area contributed by atoms with Crippen LogP contribution in [0.25, 0.3) is 0 Å². The molecule has 0 aromatic carbocycles. The molecule has 0 saturated heterocycles. The van der Waals surface area contributed by atoms with Gasteiger partial charge in [0.2, 0.25) is 0 Å². The molecule has 2 nitrogen and oxygen atoms in total. The third-order valence-electron chi connectivity index (χ3n) is 1.23. The highest BCUT2D eigenvalue weighted by atomic mass is 15.0. The lowest BCUT2D eigenvalue weighted by molar-refractivity contribution is 1.13. The average molecular weight is 152 g/mol. The van der Waals surface area contributed by atoms with Crippen LogP contribution in [0.3, 0.4) is 0 Å². The van der Waals surface area contributed by atoms with E-state index in [2.05, 4.69) is 29.9 Å². The lowest BCUT2D eigenvalue weighted by Crippen LogP contribution is -2.17. The van der Waals surface area contributed by atoms with Crippen LogP contribution in [0.4, 0.5) is 0 Å². The molecule has 0 aliphatic heterocycles. The zero-order valence-corrected chi connectivity index (χ0v) is 7.52. The lowest BCUT2D eigenvalue weighted by atomic mass is 10.3. The molecule has 2 heteroatoms. The summed E-state index contributed by atoms with van der Waals surface area (Å²) < 4.78 is 0. The zero-order valence-electron chi connectivity index (χ0n) is 7.52. The van der Waals surface area contributed by atoms with Crippen molar-refractivity contribution in [1.29, 1.82) is 0 Å². The van der Waals surface area contributed by atoms with E-state index in [1.54, 1.807) is 7.05 Å². The Labute approximate surface area is 68.7 Å². The van der Waals surface area contributed by atoms with E-state index in [0.29, 0.717) is 0 Å². The van der Waals surface area contributed by atoms with E-state index < -0.39 is 0 Å². The fraction of sp³-hybridized carbons (Fsp3) is 0.444.